The predicted octanol–water partition coefficient (Wildman–Crippen LogP) is 0.708. The van der Waals surface area contributed by atoms with Gasteiger partial charge in [-0.1, -0.05) is 6.92 Å². The van der Waals surface area contributed by atoms with Crippen molar-refractivity contribution in [1.29, 1.82) is 0 Å². The molecule has 0 aliphatic carbocycles. The van der Waals surface area contributed by atoms with Crippen molar-refractivity contribution in [3.05, 3.63) is 6.92 Å². The van der Waals surface area contributed by atoms with Gasteiger partial charge in [0.1, 0.15) is 0 Å². The van der Waals surface area contributed by atoms with E-state index in [1.54, 1.807) is 0 Å². The Labute approximate surface area is 61.5 Å². The Morgan fingerprint density at radius 3 is 2.70 bits per heavy atom. The maximum atomic E-state index is 5.54. The van der Waals surface area contributed by atoms with Gasteiger partial charge in [-0.2, -0.15) is 0 Å². The minimum Gasteiger partial charge on any atom is -0.339 e. The van der Waals surface area contributed by atoms with Gasteiger partial charge in [-0.25, -0.2) is 0 Å². The van der Waals surface area contributed by atoms with Crippen LogP contribution in [0, 0.1) is 25.2 Å². The number of hydrogen-bond donors (Lipinski definition) is 0. The van der Waals surface area contributed by atoms with Gasteiger partial charge in [-0.3, -0.25) is 0 Å². The lowest BCUT2D eigenvalue weighted by Crippen LogP contribution is -2.18. The van der Waals surface area contributed by atoms with Crippen LogP contribution in [0.3, 0.4) is 0 Å². The molecule has 54 valence electrons. The van der Waals surface area contributed by atoms with Crippen LogP contribution in [0.15, 0.2) is 0 Å². The molecule has 0 saturated carbocycles. The lowest BCUT2D eigenvalue weighted by molar-refractivity contribution is -0.0187. The minimum absolute atomic E-state index is 0.0154. The summed E-state index contributed by atoms with van der Waals surface area (Å²) in [4.78, 5) is 0. The Morgan fingerprint density at radius 2 is 2.40 bits per heavy atom. The molecule has 10 heavy (non-hydrogen) atoms. The largest absolute Gasteiger partial charge is 0.339 e. The highest BCUT2D eigenvalue weighted by Gasteiger charge is 2.26. The van der Waals surface area contributed by atoms with Crippen molar-refractivity contribution in [3.63, 3.8) is 0 Å². The van der Waals surface area contributed by atoms with Crippen molar-refractivity contribution in [2.75, 3.05) is 6.61 Å². The van der Waals surface area contributed by atoms with Crippen LogP contribution in [0.5, 0.6) is 0 Å². The van der Waals surface area contributed by atoms with E-state index in [-0.39, 0.29) is 12.0 Å². The standard InChI is InChI=1S/C8H10O2/c1-4-8-9-5-7(10-8)6(2)3/h1-2,6-8H,5H2,3H3. The van der Waals surface area contributed by atoms with E-state index >= 15 is 0 Å². The Balaban J connectivity index is 2.37. The molecule has 3 unspecified atom stereocenters. The van der Waals surface area contributed by atoms with Gasteiger partial charge in [0.15, 0.2) is 0 Å². The highest BCUT2D eigenvalue weighted by molar-refractivity contribution is 4.92. The molecule has 2 nitrogen and oxygen atoms in total. The van der Waals surface area contributed by atoms with Crippen molar-refractivity contribution < 1.29 is 9.47 Å². The van der Waals surface area contributed by atoms with Crippen LogP contribution in [0.4, 0.5) is 0 Å². The summed E-state index contributed by atoms with van der Waals surface area (Å²) in [6, 6.07) is 0. The quantitative estimate of drug-likeness (QED) is 0.497. The monoisotopic (exact) mass is 138 g/mol. The minimum atomic E-state index is -0.490. The van der Waals surface area contributed by atoms with E-state index in [0.29, 0.717) is 6.61 Å². The first-order valence-corrected chi connectivity index (χ1v) is 3.23. The molecule has 0 aromatic heterocycles. The van der Waals surface area contributed by atoms with Crippen LogP contribution >= 0.6 is 0 Å². The first-order chi connectivity index (χ1) is 4.74. The van der Waals surface area contributed by atoms with Gasteiger partial charge < -0.3 is 9.47 Å². The third-order valence-corrected chi connectivity index (χ3v) is 1.43. The molecule has 1 aliphatic rings. The van der Waals surface area contributed by atoms with Crippen LogP contribution < -0.4 is 0 Å². The molecule has 2 heteroatoms. The molecule has 1 rings (SSSR count). The Kier molecular flexibility index (Phi) is 2.31. The van der Waals surface area contributed by atoms with Crippen LogP contribution in [-0.4, -0.2) is 19.0 Å². The molecule has 0 aromatic carbocycles. The topological polar surface area (TPSA) is 18.5 Å². The number of ether oxygens (including phenoxy) is 2. The average Bonchev–Trinajstić information content (AvgIpc) is 2.34. The summed E-state index contributed by atoms with van der Waals surface area (Å²) in [5, 5.41) is 0. The van der Waals surface area contributed by atoms with Crippen molar-refractivity contribution in [2.45, 2.75) is 19.3 Å². The fraction of sp³-hybridized carbons (Fsp3) is 0.625. The predicted molar refractivity (Wildman–Crippen MR) is 36.9 cm³/mol. The van der Waals surface area contributed by atoms with Gasteiger partial charge in [0.25, 0.3) is 0 Å². The van der Waals surface area contributed by atoms with Crippen molar-refractivity contribution in [2.24, 2.45) is 5.92 Å². The van der Waals surface area contributed by atoms with Gasteiger partial charge in [-0.05, 0) is 18.8 Å². The summed E-state index contributed by atoms with van der Waals surface area (Å²) in [7, 11) is 0. The lowest BCUT2D eigenvalue weighted by atomic mass is 10.1. The van der Waals surface area contributed by atoms with Crippen LogP contribution in [0.2, 0.25) is 0 Å². The van der Waals surface area contributed by atoms with Crippen molar-refractivity contribution in [3.8, 4) is 12.3 Å². The second kappa shape index (κ2) is 3.05. The summed E-state index contributed by atoms with van der Waals surface area (Å²) >= 11 is 0. The summed E-state index contributed by atoms with van der Waals surface area (Å²) in [6.07, 6.45) is 4.52. The maximum absolute atomic E-state index is 5.54. The molecular formula is C8H10O2. The van der Waals surface area contributed by atoms with Gasteiger partial charge in [-0.15, -0.1) is 6.42 Å². The summed E-state index contributed by atoms with van der Waals surface area (Å²) < 4.78 is 10.2. The molecule has 1 aliphatic heterocycles. The van der Waals surface area contributed by atoms with Gasteiger partial charge in [0, 0.05) is 0 Å². The van der Waals surface area contributed by atoms with Gasteiger partial charge in [0.05, 0.1) is 12.7 Å². The normalized spacial score (nSPS) is 32.6. The summed E-state index contributed by atoms with van der Waals surface area (Å²) in [5.41, 5.74) is 0. The van der Waals surface area contributed by atoms with E-state index in [2.05, 4.69) is 5.92 Å². The molecule has 3 atom stereocenters. The van der Waals surface area contributed by atoms with Crippen LogP contribution in [0.25, 0.3) is 0 Å². The fourth-order valence-electron chi connectivity index (χ4n) is 0.783. The highest BCUT2D eigenvalue weighted by Crippen LogP contribution is 2.16. The Bertz CT molecular complexity index is 146. The van der Waals surface area contributed by atoms with Gasteiger partial charge in [0.2, 0.25) is 6.29 Å². The van der Waals surface area contributed by atoms with E-state index in [4.69, 9.17) is 22.8 Å². The molecule has 0 amide bonds. The van der Waals surface area contributed by atoms with Crippen LogP contribution in [-0.2, 0) is 9.47 Å². The molecule has 1 fully saturated rings. The smallest absolute Gasteiger partial charge is 0.222 e. The highest BCUT2D eigenvalue weighted by atomic mass is 16.7. The van der Waals surface area contributed by atoms with Crippen molar-refractivity contribution >= 4 is 0 Å². The van der Waals surface area contributed by atoms with Crippen LogP contribution in [0.1, 0.15) is 6.92 Å². The number of terminal acetylenes is 1. The maximum Gasteiger partial charge on any atom is 0.222 e. The molecule has 0 spiro atoms. The van der Waals surface area contributed by atoms with E-state index in [0.717, 1.165) is 0 Å². The molecule has 0 bridgehead atoms. The first kappa shape index (κ1) is 7.59. The van der Waals surface area contributed by atoms with E-state index < -0.39 is 6.29 Å². The van der Waals surface area contributed by atoms with E-state index in [1.807, 2.05) is 6.92 Å². The molecular weight excluding hydrogens is 128 g/mol. The second-order valence-corrected chi connectivity index (χ2v) is 2.37. The third-order valence-electron chi connectivity index (χ3n) is 1.43. The second-order valence-electron chi connectivity index (χ2n) is 2.37. The Morgan fingerprint density at radius 1 is 1.70 bits per heavy atom. The zero-order chi connectivity index (χ0) is 7.56. The van der Waals surface area contributed by atoms with E-state index in [9.17, 15) is 0 Å². The molecule has 0 aromatic rings. The third kappa shape index (κ3) is 1.50. The fourth-order valence-corrected chi connectivity index (χ4v) is 0.783. The Hall–Kier alpha value is -0.520. The summed E-state index contributed by atoms with van der Waals surface area (Å²) in [5.74, 6) is 2.33. The average molecular weight is 138 g/mol. The number of rotatable bonds is 1. The van der Waals surface area contributed by atoms with E-state index in [1.165, 1.54) is 0 Å². The first-order valence-electron chi connectivity index (χ1n) is 3.23. The summed E-state index contributed by atoms with van der Waals surface area (Å²) in [6.45, 7) is 7.92. The van der Waals surface area contributed by atoms with Gasteiger partial charge >= 0.3 is 0 Å². The van der Waals surface area contributed by atoms with Crippen molar-refractivity contribution in [1.82, 2.24) is 0 Å². The lowest BCUT2D eigenvalue weighted by Gasteiger charge is -2.10. The molecule has 0 N–H and O–H groups in total. The molecule has 1 saturated heterocycles. The molecule has 1 heterocycles. The SMILES string of the molecule is [CH]C(C)C1COC(C#C)O1. The zero-order valence-electron chi connectivity index (χ0n) is 5.91. The number of hydrogen-bond acceptors (Lipinski definition) is 2. The molecule has 2 radical (unpaired) electrons. The zero-order valence-corrected chi connectivity index (χ0v) is 5.91.